The third-order valence-electron chi connectivity index (χ3n) is 3.72. The van der Waals surface area contributed by atoms with Gasteiger partial charge in [-0.25, -0.2) is 8.42 Å². The minimum absolute atomic E-state index is 0.136. The van der Waals surface area contributed by atoms with Gasteiger partial charge in [0.05, 0.1) is 4.90 Å². The van der Waals surface area contributed by atoms with Gasteiger partial charge in [0.25, 0.3) is 5.91 Å². The Labute approximate surface area is 128 Å². The Hall–Kier alpha value is -0.880. The van der Waals surface area contributed by atoms with Gasteiger partial charge in [-0.1, -0.05) is 22.4 Å². The molecule has 0 bridgehead atoms. The summed E-state index contributed by atoms with van der Waals surface area (Å²) in [5.41, 5.74) is 0.498. The van der Waals surface area contributed by atoms with Crippen LogP contribution < -0.4 is 5.32 Å². The molecule has 6 heteroatoms. The molecule has 0 aromatic heterocycles. The summed E-state index contributed by atoms with van der Waals surface area (Å²) in [6.07, 6.45) is 4.42. The van der Waals surface area contributed by atoms with Gasteiger partial charge in [-0.2, -0.15) is 0 Å². The highest BCUT2D eigenvalue weighted by molar-refractivity contribution is 9.09. The van der Waals surface area contributed by atoms with Crippen molar-refractivity contribution in [3.8, 4) is 0 Å². The monoisotopic (exact) mass is 359 g/mol. The predicted octanol–water partition coefficient (Wildman–Crippen LogP) is 2.38. The Morgan fingerprint density at radius 2 is 1.95 bits per heavy atom. The van der Waals surface area contributed by atoms with Gasteiger partial charge < -0.3 is 5.32 Å². The first kappa shape index (κ1) is 15.5. The van der Waals surface area contributed by atoms with Crippen molar-refractivity contribution in [3.05, 3.63) is 29.8 Å². The Bertz CT molecular complexity index is 583. The van der Waals surface area contributed by atoms with Crippen molar-refractivity contribution >= 4 is 31.7 Å². The van der Waals surface area contributed by atoms with Crippen LogP contribution >= 0.6 is 15.9 Å². The van der Waals surface area contributed by atoms with E-state index < -0.39 is 9.84 Å². The largest absolute Gasteiger partial charge is 0.349 e. The Balaban J connectivity index is 2.06. The molecule has 0 aliphatic heterocycles. The number of benzene rings is 1. The maximum Gasteiger partial charge on any atom is 0.251 e. The van der Waals surface area contributed by atoms with Crippen LogP contribution in [-0.2, 0) is 9.84 Å². The lowest BCUT2D eigenvalue weighted by Crippen LogP contribution is -2.37. The van der Waals surface area contributed by atoms with Crippen molar-refractivity contribution in [1.82, 2.24) is 5.32 Å². The molecule has 1 amide bonds. The summed E-state index contributed by atoms with van der Waals surface area (Å²) < 4.78 is 22.7. The number of hydrogen-bond acceptors (Lipinski definition) is 3. The van der Waals surface area contributed by atoms with Crippen molar-refractivity contribution in [2.24, 2.45) is 5.92 Å². The molecule has 4 nitrogen and oxygen atoms in total. The van der Waals surface area contributed by atoms with E-state index in [0.717, 1.165) is 30.8 Å². The van der Waals surface area contributed by atoms with Crippen molar-refractivity contribution < 1.29 is 13.2 Å². The predicted molar refractivity (Wildman–Crippen MR) is 81.9 cm³/mol. The third kappa shape index (κ3) is 3.61. The Kier molecular flexibility index (Phi) is 4.86. The summed E-state index contributed by atoms with van der Waals surface area (Å²) in [6, 6.07) is 6.27. The summed E-state index contributed by atoms with van der Waals surface area (Å²) in [5, 5.41) is 3.93. The zero-order valence-electron chi connectivity index (χ0n) is 11.3. The van der Waals surface area contributed by atoms with Gasteiger partial charge in [0, 0.05) is 23.2 Å². The van der Waals surface area contributed by atoms with Gasteiger partial charge in [-0.3, -0.25) is 4.79 Å². The van der Waals surface area contributed by atoms with Gasteiger partial charge >= 0.3 is 0 Å². The number of carbonyl (C=O) groups is 1. The number of halogens is 1. The molecular formula is C14H18BrNO3S. The van der Waals surface area contributed by atoms with E-state index in [1.165, 1.54) is 12.1 Å². The van der Waals surface area contributed by atoms with Gasteiger partial charge in [0.15, 0.2) is 9.84 Å². The van der Waals surface area contributed by atoms with Crippen LogP contribution in [0.25, 0.3) is 0 Å². The molecule has 1 fully saturated rings. The second kappa shape index (κ2) is 6.26. The number of alkyl halides is 1. The number of amides is 1. The van der Waals surface area contributed by atoms with Crippen LogP contribution in [0, 0.1) is 5.92 Å². The van der Waals surface area contributed by atoms with E-state index in [0.29, 0.717) is 11.5 Å². The number of sulfone groups is 1. The first-order valence-corrected chi connectivity index (χ1v) is 9.60. The minimum atomic E-state index is -3.22. The molecule has 1 saturated carbocycles. The van der Waals surface area contributed by atoms with Crippen LogP contribution in [0.4, 0.5) is 0 Å². The van der Waals surface area contributed by atoms with Crippen LogP contribution in [0.15, 0.2) is 29.2 Å². The Morgan fingerprint density at radius 1 is 1.30 bits per heavy atom. The topological polar surface area (TPSA) is 63.2 Å². The average molecular weight is 360 g/mol. The molecule has 0 heterocycles. The van der Waals surface area contributed by atoms with Gasteiger partial charge in [-0.15, -0.1) is 0 Å². The maximum atomic E-state index is 12.1. The maximum absolute atomic E-state index is 12.1. The fourth-order valence-corrected chi connectivity index (χ4v) is 3.92. The van der Waals surface area contributed by atoms with Crippen molar-refractivity contribution in [3.63, 3.8) is 0 Å². The number of nitrogens with one attached hydrogen (secondary N) is 1. The molecule has 2 unspecified atom stereocenters. The van der Waals surface area contributed by atoms with Gasteiger partial charge in [0.1, 0.15) is 0 Å². The molecule has 0 spiro atoms. The molecule has 2 atom stereocenters. The first-order valence-electron chi connectivity index (χ1n) is 6.59. The summed E-state index contributed by atoms with van der Waals surface area (Å²) in [7, 11) is -3.22. The normalized spacial score (nSPS) is 22.7. The van der Waals surface area contributed by atoms with E-state index in [-0.39, 0.29) is 16.8 Å². The molecule has 1 aliphatic rings. The van der Waals surface area contributed by atoms with Crippen LogP contribution in [0.1, 0.15) is 29.6 Å². The summed E-state index contributed by atoms with van der Waals surface area (Å²) in [4.78, 5) is 12.4. The van der Waals surface area contributed by atoms with Crippen molar-refractivity contribution in [1.29, 1.82) is 0 Å². The van der Waals surface area contributed by atoms with E-state index >= 15 is 0 Å². The van der Waals surface area contributed by atoms with Crippen molar-refractivity contribution in [2.45, 2.75) is 30.2 Å². The van der Waals surface area contributed by atoms with E-state index in [9.17, 15) is 13.2 Å². The Morgan fingerprint density at radius 3 is 2.50 bits per heavy atom. The third-order valence-corrected chi connectivity index (χ3v) is 5.68. The lowest BCUT2D eigenvalue weighted by atomic mass is 10.1. The molecule has 1 aromatic carbocycles. The lowest BCUT2D eigenvalue weighted by Gasteiger charge is -2.19. The van der Waals surface area contributed by atoms with E-state index in [1.807, 2.05) is 0 Å². The highest BCUT2D eigenvalue weighted by Crippen LogP contribution is 2.27. The van der Waals surface area contributed by atoms with Gasteiger partial charge in [0.2, 0.25) is 0 Å². The zero-order valence-corrected chi connectivity index (χ0v) is 13.7. The van der Waals surface area contributed by atoms with Crippen LogP contribution in [-0.4, -0.2) is 32.0 Å². The SMILES string of the molecule is CS(=O)(=O)c1ccc(C(=O)NC2CCCC2CBr)cc1. The van der Waals surface area contributed by atoms with E-state index in [1.54, 1.807) is 12.1 Å². The molecule has 0 radical (unpaired) electrons. The summed E-state index contributed by atoms with van der Waals surface area (Å²) >= 11 is 3.48. The highest BCUT2D eigenvalue weighted by Gasteiger charge is 2.27. The van der Waals surface area contributed by atoms with Crippen LogP contribution in [0.2, 0.25) is 0 Å². The molecule has 20 heavy (non-hydrogen) atoms. The molecule has 1 aromatic rings. The zero-order chi connectivity index (χ0) is 14.8. The fourth-order valence-electron chi connectivity index (χ4n) is 2.52. The molecular weight excluding hydrogens is 342 g/mol. The quantitative estimate of drug-likeness (QED) is 0.839. The minimum Gasteiger partial charge on any atom is -0.349 e. The van der Waals surface area contributed by atoms with Crippen LogP contribution in [0.5, 0.6) is 0 Å². The molecule has 1 aliphatic carbocycles. The molecule has 0 saturated heterocycles. The smallest absolute Gasteiger partial charge is 0.251 e. The molecule has 1 N–H and O–H groups in total. The highest BCUT2D eigenvalue weighted by atomic mass is 79.9. The summed E-state index contributed by atoms with van der Waals surface area (Å²) in [6.45, 7) is 0. The lowest BCUT2D eigenvalue weighted by molar-refractivity contribution is 0.0930. The fraction of sp³-hybridized carbons (Fsp3) is 0.500. The van der Waals surface area contributed by atoms with E-state index in [4.69, 9.17) is 0 Å². The van der Waals surface area contributed by atoms with Crippen LogP contribution in [0.3, 0.4) is 0 Å². The summed E-state index contributed by atoms with van der Waals surface area (Å²) in [5.74, 6) is 0.345. The molecule has 2 rings (SSSR count). The number of rotatable bonds is 4. The second-order valence-corrected chi connectivity index (χ2v) is 7.89. The van der Waals surface area contributed by atoms with Crippen molar-refractivity contribution in [2.75, 3.05) is 11.6 Å². The second-order valence-electron chi connectivity index (χ2n) is 5.22. The van der Waals surface area contributed by atoms with E-state index in [2.05, 4.69) is 21.2 Å². The standard InChI is InChI=1S/C14H18BrNO3S/c1-20(18,19)12-7-5-10(6-8-12)14(17)16-13-4-2-3-11(13)9-15/h5-8,11,13H,2-4,9H2,1H3,(H,16,17). The van der Waals surface area contributed by atoms with Gasteiger partial charge in [-0.05, 0) is 43.0 Å². The average Bonchev–Trinajstić information content (AvgIpc) is 2.85. The number of hydrogen-bond donors (Lipinski definition) is 1. The first-order chi connectivity index (χ1) is 9.41. The number of carbonyl (C=O) groups excluding carboxylic acids is 1. The molecule has 110 valence electrons.